The van der Waals surface area contributed by atoms with Crippen molar-refractivity contribution in [3.05, 3.63) is 10.6 Å². The molecule has 1 aromatic rings. The monoisotopic (exact) mass is 329 g/mol. The minimum absolute atomic E-state index is 0.259. The van der Waals surface area contributed by atoms with E-state index < -0.39 is 9.84 Å². The SMILES string of the molecule is CCCNC1CCCc2nc(N3CCS(=O)(=O)CC3)sc21. The number of hydrogen-bond acceptors (Lipinski definition) is 6. The average molecular weight is 329 g/mol. The molecule has 0 radical (unpaired) electrons. The summed E-state index contributed by atoms with van der Waals surface area (Å²) in [6.07, 6.45) is 4.57. The van der Waals surface area contributed by atoms with E-state index >= 15 is 0 Å². The van der Waals surface area contributed by atoms with Crippen LogP contribution in [0.15, 0.2) is 0 Å². The zero-order valence-corrected chi connectivity index (χ0v) is 14.1. The second-order valence-corrected chi connectivity index (χ2v) is 9.16. The molecule has 1 saturated heterocycles. The van der Waals surface area contributed by atoms with Crippen molar-refractivity contribution in [3.63, 3.8) is 0 Å². The first-order valence-corrected chi connectivity index (χ1v) is 10.4. The molecule has 0 saturated carbocycles. The van der Waals surface area contributed by atoms with E-state index in [-0.39, 0.29) is 11.5 Å². The molecule has 1 aromatic heterocycles. The van der Waals surface area contributed by atoms with Gasteiger partial charge in [-0.25, -0.2) is 13.4 Å². The molecule has 5 nitrogen and oxygen atoms in total. The maximum absolute atomic E-state index is 11.5. The first-order valence-electron chi connectivity index (χ1n) is 7.77. The number of fused-ring (bicyclic) bond motifs is 1. The van der Waals surface area contributed by atoms with Crippen molar-refractivity contribution in [1.29, 1.82) is 0 Å². The predicted octanol–water partition coefficient (Wildman–Crippen LogP) is 1.75. The van der Waals surface area contributed by atoms with Crippen LogP contribution in [0.4, 0.5) is 5.13 Å². The Morgan fingerprint density at radius 2 is 2.14 bits per heavy atom. The fourth-order valence-electron chi connectivity index (χ4n) is 2.96. The molecule has 2 aliphatic rings. The van der Waals surface area contributed by atoms with E-state index in [1.807, 2.05) is 0 Å². The Morgan fingerprint density at radius 1 is 1.38 bits per heavy atom. The lowest BCUT2D eigenvalue weighted by Gasteiger charge is -2.26. The van der Waals surface area contributed by atoms with Crippen LogP contribution in [0.3, 0.4) is 0 Å². The summed E-state index contributed by atoms with van der Waals surface area (Å²) in [5, 5.41) is 4.63. The standard InChI is InChI=1S/C14H23N3O2S2/c1-2-6-15-11-4-3-5-12-13(11)20-14(16-12)17-7-9-21(18,19)10-8-17/h11,15H,2-10H2,1H3. The molecule has 7 heteroatoms. The molecule has 0 spiro atoms. The van der Waals surface area contributed by atoms with E-state index in [0.717, 1.165) is 24.5 Å². The number of nitrogens with one attached hydrogen (secondary N) is 1. The molecule has 3 rings (SSSR count). The topological polar surface area (TPSA) is 62.3 Å². The first-order chi connectivity index (χ1) is 10.1. The lowest BCUT2D eigenvalue weighted by molar-refractivity contribution is 0.464. The number of nitrogens with zero attached hydrogens (tertiary/aromatic N) is 2. The van der Waals surface area contributed by atoms with Gasteiger partial charge in [0.15, 0.2) is 15.0 Å². The summed E-state index contributed by atoms with van der Waals surface area (Å²) in [4.78, 5) is 8.30. The molecule has 1 atom stereocenters. The number of rotatable bonds is 4. The second kappa shape index (κ2) is 6.22. The zero-order valence-electron chi connectivity index (χ0n) is 12.5. The van der Waals surface area contributed by atoms with Crippen LogP contribution in [0.25, 0.3) is 0 Å². The number of aryl methyl sites for hydroxylation is 1. The lowest BCUT2D eigenvalue weighted by atomic mass is 9.98. The Labute approximate surface area is 130 Å². The number of anilines is 1. The molecule has 1 unspecified atom stereocenters. The van der Waals surface area contributed by atoms with Crippen molar-refractivity contribution < 1.29 is 8.42 Å². The van der Waals surface area contributed by atoms with Gasteiger partial charge in [-0.1, -0.05) is 18.3 Å². The number of hydrogen-bond donors (Lipinski definition) is 1. The molecule has 1 N–H and O–H groups in total. The van der Waals surface area contributed by atoms with Crippen LogP contribution in [-0.2, 0) is 16.3 Å². The van der Waals surface area contributed by atoms with Crippen LogP contribution < -0.4 is 10.2 Å². The highest BCUT2D eigenvalue weighted by atomic mass is 32.2. The molecule has 1 fully saturated rings. The fourth-order valence-corrected chi connectivity index (χ4v) is 5.43. The quantitative estimate of drug-likeness (QED) is 0.912. The zero-order chi connectivity index (χ0) is 14.9. The molecule has 0 aromatic carbocycles. The molecule has 2 heterocycles. The molecular weight excluding hydrogens is 306 g/mol. The van der Waals surface area contributed by atoms with Crippen molar-refractivity contribution in [2.24, 2.45) is 0 Å². The Bertz CT molecular complexity index is 583. The molecule has 0 amide bonds. The van der Waals surface area contributed by atoms with Crippen LogP contribution in [0, 0.1) is 0 Å². The van der Waals surface area contributed by atoms with E-state index in [0.29, 0.717) is 19.1 Å². The van der Waals surface area contributed by atoms with Crippen molar-refractivity contribution in [1.82, 2.24) is 10.3 Å². The fraction of sp³-hybridized carbons (Fsp3) is 0.786. The average Bonchev–Trinajstić information content (AvgIpc) is 2.89. The Kier molecular flexibility index (Phi) is 4.51. The highest BCUT2D eigenvalue weighted by Gasteiger charge is 2.28. The van der Waals surface area contributed by atoms with Gasteiger partial charge in [0.25, 0.3) is 0 Å². The molecular formula is C14H23N3O2S2. The van der Waals surface area contributed by atoms with Gasteiger partial charge in [-0.15, -0.1) is 0 Å². The predicted molar refractivity (Wildman–Crippen MR) is 87.0 cm³/mol. The van der Waals surface area contributed by atoms with E-state index in [1.165, 1.54) is 23.4 Å². The van der Waals surface area contributed by atoms with Crippen molar-refractivity contribution in [2.45, 2.75) is 38.6 Å². The van der Waals surface area contributed by atoms with Crippen molar-refractivity contribution in [3.8, 4) is 0 Å². The third kappa shape index (κ3) is 3.40. The van der Waals surface area contributed by atoms with Crippen molar-refractivity contribution >= 4 is 26.3 Å². The number of aromatic nitrogens is 1. The summed E-state index contributed by atoms with van der Waals surface area (Å²) in [5.74, 6) is 0.517. The molecule has 0 bridgehead atoms. The minimum Gasteiger partial charge on any atom is -0.346 e. The van der Waals surface area contributed by atoms with Crippen LogP contribution in [0.2, 0.25) is 0 Å². The van der Waals surface area contributed by atoms with Gasteiger partial charge in [0.1, 0.15) is 0 Å². The Morgan fingerprint density at radius 3 is 2.86 bits per heavy atom. The highest BCUT2D eigenvalue weighted by molar-refractivity contribution is 7.91. The Hall–Kier alpha value is -0.660. The van der Waals surface area contributed by atoms with Crippen LogP contribution in [0.1, 0.15) is 42.8 Å². The van der Waals surface area contributed by atoms with Crippen LogP contribution in [-0.4, -0.2) is 44.5 Å². The number of sulfone groups is 1. The maximum atomic E-state index is 11.5. The summed E-state index contributed by atoms with van der Waals surface area (Å²) in [5.41, 5.74) is 1.23. The van der Waals surface area contributed by atoms with Crippen LogP contribution in [0.5, 0.6) is 0 Å². The van der Waals surface area contributed by atoms with Gasteiger partial charge in [-0.05, 0) is 32.2 Å². The summed E-state index contributed by atoms with van der Waals surface area (Å²) >= 11 is 1.76. The molecule has 1 aliphatic heterocycles. The first kappa shape index (κ1) is 15.2. The summed E-state index contributed by atoms with van der Waals surface area (Å²) in [6.45, 7) is 4.39. The van der Waals surface area contributed by atoms with E-state index in [1.54, 1.807) is 11.3 Å². The van der Waals surface area contributed by atoms with Gasteiger partial charge in [-0.3, -0.25) is 0 Å². The van der Waals surface area contributed by atoms with Gasteiger partial charge < -0.3 is 10.2 Å². The maximum Gasteiger partial charge on any atom is 0.185 e. The van der Waals surface area contributed by atoms with Gasteiger partial charge >= 0.3 is 0 Å². The smallest absolute Gasteiger partial charge is 0.185 e. The van der Waals surface area contributed by atoms with Gasteiger partial charge in [0, 0.05) is 24.0 Å². The lowest BCUT2D eigenvalue weighted by Crippen LogP contribution is -2.40. The molecule has 21 heavy (non-hydrogen) atoms. The minimum atomic E-state index is -2.83. The summed E-state index contributed by atoms with van der Waals surface area (Å²) < 4.78 is 23.1. The van der Waals surface area contributed by atoms with E-state index in [9.17, 15) is 8.42 Å². The van der Waals surface area contributed by atoms with E-state index in [2.05, 4.69) is 17.1 Å². The highest BCUT2D eigenvalue weighted by Crippen LogP contribution is 2.37. The summed E-state index contributed by atoms with van der Waals surface area (Å²) in [6, 6.07) is 0.438. The summed E-state index contributed by atoms with van der Waals surface area (Å²) in [7, 11) is -2.83. The van der Waals surface area contributed by atoms with E-state index in [4.69, 9.17) is 4.98 Å². The normalized spacial score (nSPS) is 24.8. The van der Waals surface area contributed by atoms with Gasteiger partial charge in [0.2, 0.25) is 0 Å². The number of thiazole rings is 1. The third-order valence-electron chi connectivity index (χ3n) is 4.19. The molecule has 118 valence electrons. The van der Waals surface area contributed by atoms with Crippen molar-refractivity contribution in [2.75, 3.05) is 36.0 Å². The third-order valence-corrected chi connectivity index (χ3v) is 7.08. The van der Waals surface area contributed by atoms with Crippen LogP contribution >= 0.6 is 11.3 Å². The van der Waals surface area contributed by atoms with Gasteiger partial charge in [0.05, 0.1) is 17.2 Å². The second-order valence-electron chi connectivity index (χ2n) is 5.85. The Balaban J connectivity index is 1.75. The van der Waals surface area contributed by atoms with Gasteiger partial charge in [-0.2, -0.15) is 0 Å². The molecule has 1 aliphatic carbocycles. The largest absolute Gasteiger partial charge is 0.346 e.